The number of aromatic nitrogens is 3. The summed E-state index contributed by atoms with van der Waals surface area (Å²) in [4.78, 5) is 12.3. The Morgan fingerprint density at radius 3 is 2.41 bits per heavy atom. The average Bonchev–Trinajstić information content (AvgIpc) is 3.23. The molecular weight excluding hydrogens is 422 g/mol. The van der Waals surface area contributed by atoms with Crippen LogP contribution in [0.1, 0.15) is 16.7 Å². The van der Waals surface area contributed by atoms with Crippen molar-refractivity contribution in [1.82, 2.24) is 20.2 Å². The molecule has 1 aromatic heterocycles. The number of hydrogen-bond acceptors (Lipinski definition) is 6. The molecule has 0 saturated carbocycles. The molecular formula is C20H15N5OS3. The number of benzene rings is 2. The Balaban J connectivity index is 1.56. The highest BCUT2D eigenvalue weighted by atomic mass is 32.2. The van der Waals surface area contributed by atoms with Gasteiger partial charge in [-0.15, -0.1) is 0 Å². The van der Waals surface area contributed by atoms with Gasteiger partial charge in [-0.3, -0.25) is 4.79 Å². The lowest BCUT2D eigenvalue weighted by Crippen LogP contribution is -2.17. The lowest BCUT2D eigenvalue weighted by molar-refractivity contribution is -0.115. The third kappa shape index (κ3) is 4.42. The molecule has 2 aromatic carbocycles. The van der Waals surface area contributed by atoms with Crippen molar-refractivity contribution in [1.29, 1.82) is 0 Å². The number of amides is 1. The molecule has 3 aromatic rings. The number of thioether (sulfide) groups is 1. The standard InChI is InChI=1S/C20H15N5OS3/c1-12-2-8-15(9-3-12)17-23-24-19(27)25(17)21-11-14-6-4-13(5-7-14)10-16-18(26)22-20(28)29-16/h2-11H,1H3,(H,24,27)(H,22,26,28)/b16-10-,21-11+. The van der Waals surface area contributed by atoms with Crippen molar-refractivity contribution in [2.75, 3.05) is 0 Å². The van der Waals surface area contributed by atoms with Gasteiger partial charge in [-0.1, -0.05) is 78.1 Å². The second-order valence-electron chi connectivity index (χ2n) is 6.29. The van der Waals surface area contributed by atoms with Gasteiger partial charge in [0, 0.05) is 5.56 Å². The highest BCUT2D eigenvalue weighted by Gasteiger charge is 2.21. The van der Waals surface area contributed by atoms with Crippen LogP contribution in [-0.2, 0) is 4.79 Å². The Hall–Kier alpha value is -2.88. The van der Waals surface area contributed by atoms with E-state index >= 15 is 0 Å². The van der Waals surface area contributed by atoms with E-state index in [1.54, 1.807) is 10.9 Å². The van der Waals surface area contributed by atoms with Crippen LogP contribution in [0.5, 0.6) is 0 Å². The number of nitrogens with one attached hydrogen (secondary N) is 2. The number of carbonyl (C=O) groups excluding carboxylic acids is 1. The van der Waals surface area contributed by atoms with Gasteiger partial charge >= 0.3 is 0 Å². The molecule has 144 valence electrons. The van der Waals surface area contributed by atoms with E-state index in [0.717, 1.165) is 16.7 Å². The fourth-order valence-corrected chi connectivity index (χ4v) is 3.89. The lowest BCUT2D eigenvalue weighted by Gasteiger charge is -2.02. The molecule has 0 spiro atoms. The second-order valence-corrected chi connectivity index (χ2v) is 8.40. The first-order chi connectivity index (χ1) is 14.0. The molecule has 2 N–H and O–H groups in total. The van der Waals surface area contributed by atoms with Crippen molar-refractivity contribution < 1.29 is 4.79 Å². The van der Waals surface area contributed by atoms with Crippen LogP contribution < -0.4 is 5.32 Å². The third-order valence-corrected chi connectivity index (χ3v) is 5.59. The highest BCUT2D eigenvalue weighted by molar-refractivity contribution is 8.26. The van der Waals surface area contributed by atoms with E-state index in [4.69, 9.17) is 24.4 Å². The summed E-state index contributed by atoms with van der Waals surface area (Å²) >= 11 is 11.6. The Labute approximate surface area is 181 Å². The number of H-pyrrole nitrogens is 1. The van der Waals surface area contributed by atoms with Gasteiger partial charge in [-0.25, -0.2) is 5.10 Å². The molecule has 1 aliphatic rings. The Morgan fingerprint density at radius 1 is 1.07 bits per heavy atom. The minimum Gasteiger partial charge on any atom is -0.307 e. The maximum atomic E-state index is 11.8. The smallest absolute Gasteiger partial charge is 0.263 e. The normalized spacial score (nSPS) is 15.4. The van der Waals surface area contributed by atoms with E-state index in [2.05, 4.69) is 20.6 Å². The fraction of sp³-hybridized carbons (Fsp3) is 0.0500. The number of carbonyl (C=O) groups is 1. The quantitative estimate of drug-likeness (QED) is 0.362. The molecule has 0 unspecified atom stereocenters. The van der Waals surface area contributed by atoms with E-state index in [9.17, 15) is 4.79 Å². The molecule has 0 bridgehead atoms. The van der Waals surface area contributed by atoms with Gasteiger partial charge in [0.05, 0.1) is 11.1 Å². The summed E-state index contributed by atoms with van der Waals surface area (Å²) in [5.41, 5.74) is 3.89. The van der Waals surface area contributed by atoms with Crippen molar-refractivity contribution in [2.45, 2.75) is 6.92 Å². The van der Waals surface area contributed by atoms with Gasteiger partial charge in [-0.05, 0) is 36.3 Å². The summed E-state index contributed by atoms with van der Waals surface area (Å²) < 4.78 is 2.49. The summed E-state index contributed by atoms with van der Waals surface area (Å²) in [5, 5.41) is 14.2. The fourth-order valence-electron chi connectivity index (χ4n) is 2.66. The lowest BCUT2D eigenvalue weighted by atomic mass is 10.1. The van der Waals surface area contributed by atoms with Crippen LogP contribution in [0, 0.1) is 11.7 Å². The van der Waals surface area contributed by atoms with Crippen LogP contribution in [-0.4, -0.2) is 31.3 Å². The predicted octanol–water partition coefficient (Wildman–Crippen LogP) is 4.29. The summed E-state index contributed by atoms with van der Waals surface area (Å²) in [5.74, 6) is 0.483. The zero-order chi connectivity index (χ0) is 20.4. The summed E-state index contributed by atoms with van der Waals surface area (Å²) in [6, 6.07) is 15.7. The summed E-state index contributed by atoms with van der Waals surface area (Å²) in [6.45, 7) is 2.03. The molecule has 29 heavy (non-hydrogen) atoms. The molecule has 0 atom stereocenters. The molecule has 9 heteroatoms. The molecule has 1 amide bonds. The van der Waals surface area contributed by atoms with Gasteiger partial charge in [0.15, 0.2) is 5.82 Å². The zero-order valence-corrected chi connectivity index (χ0v) is 17.7. The monoisotopic (exact) mass is 437 g/mol. The Bertz CT molecular complexity index is 1200. The van der Waals surface area contributed by atoms with Gasteiger partial charge in [0.1, 0.15) is 4.32 Å². The molecule has 1 saturated heterocycles. The number of rotatable bonds is 4. The van der Waals surface area contributed by atoms with Crippen molar-refractivity contribution in [2.24, 2.45) is 5.10 Å². The first-order valence-corrected chi connectivity index (χ1v) is 10.3. The molecule has 2 heterocycles. The molecule has 6 nitrogen and oxygen atoms in total. The molecule has 4 rings (SSSR count). The number of thiocarbonyl (C=S) groups is 1. The minimum atomic E-state index is -0.163. The number of nitrogens with zero attached hydrogens (tertiary/aromatic N) is 3. The first-order valence-electron chi connectivity index (χ1n) is 8.63. The molecule has 1 fully saturated rings. The van der Waals surface area contributed by atoms with Crippen molar-refractivity contribution in [3.05, 3.63) is 74.9 Å². The highest BCUT2D eigenvalue weighted by Crippen LogP contribution is 2.25. The number of aryl methyl sites for hydroxylation is 1. The van der Waals surface area contributed by atoms with Crippen molar-refractivity contribution in [3.8, 4) is 11.4 Å². The van der Waals surface area contributed by atoms with E-state index in [1.165, 1.54) is 17.3 Å². The third-order valence-electron chi connectivity index (χ3n) is 4.16. The SMILES string of the molecule is Cc1ccc(-c2n[nH]c(=S)n2/N=C/c2ccc(/C=C3\SC(=S)NC3=O)cc2)cc1. The van der Waals surface area contributed by atoms with Crippen LogP contribution in [0.2, 0.25) is 0 Å². The van der Waals surface area contributed by atoms with Crippen molar-refractivity contribution in [3.63, 3.8) is 0 Å². The van der Waals surface area contributed by atoms with E-state index in [-0.39, 0.29) is 5.91 Å². The van der Waals surface area contributed by atoms with Crippen molar-refractivity contribution >= 4 is 58.7 Å². The zero-order valence-electron chi connectivity index (χ0n) is 15.2. The van der Waals surface area contributed by atoms with Crippen LogP contribution in [0.4, 0.5) is 0 Å². The predicted molar refractivity (Wildman–Crippen MR) is 123 cm³/mol. The van der Waals surface area contributed by atoms with Crippen LogP contribution >= 0.6 is 36.2 Å². The van der Waals surface area contributed by atoms with E-state index in [0.29, 0.717) is 19.8 Å². The maximum absolute atomic E-state index is 11.8. The Kier molecular flexibility index (Phi) is 5.52. The molecule has 0 radical (unpaired) electrons. The van der Waals surface area contributed by atoms with Crippen LogP contribution in [0.25, 0.3) is 17.5 Å². The molecule has 1 aliphatic heterocycles. The average molecular weight is 438 g/mol. The van der Waals surface area contributed by atoms with Crippen LogP contribution in [0.3, 0.4) is 0 Å². The largest absolute Gasteiger partial charge is 0.307 e. The minimum absolute atomic E-state index is 0.163. The van der Waals surface area contributed by atoms with Gasteiger partial charge in [-0.2, -0.15) is 14.9 Å². The Morgan fingerprint density at radius 2 is 1.76 bits per heavy atom. The molecule has 0 aliphatic carbocycles. The topological polar surface area (TPSA) is 75.1 Å². The summed E-state index contributed by atoms with van der Waals surface area (Å²) in [7, 11) is 0. The van der Waals surface area contributed by atoms with Gasteiger partial charge in [0.2, 0.25) is 4.77 Å². The number of hydrogen-bond donors (Lipinski definition) is 2. The first kappa shape index (κ1) is 19.4. The maximum Gasteiger partial charge on any atom is 0.263 e. The van der Waals surface area contributed by atoms with E-state index in [1.807, 2.05) is 61.5 Å². The second kappa shape index (κ2) is 8.24. The number of aromatic amines is 1. The van der Waals surface area contributed by atoms with E-state index < -0.39 is 0 Å². The van der Waals surface area contributed by atoms with Gasteiger partial charge < -0.3 is 5.32 Å². The van der Waals surface area contributed by atoms with Gasteiger partial charge in [0.25, 0.3) is 5.91 Å². The summed E-state index contributed by atoms with van der Waals surface area (Å²) in [6.07, 6.45) is 3.52. The van der Waals surface area contributed by atoms with Crippen LogP contribution in [0.15, 0.2) is 58.5 Å².